The maximum atomic E-state index is 13.2. The van der Waals surface area contributed by atoms with Crippen LogP contribution in [0.3, 0.4) is 0 Å². The Balaban J connectivity index is 2.04. The summed E-state index contributed by atoms with van der Waals surface area (Å²) in [5.74, 6) is 0.867. The lowest BCUT2D eigenvalue weighted by Crippen LogP contribution is -2.43. The lowest BCUT2D eigenvalue weighted by molar-refractivity contribution is 0.246. The summed E-state index contributed by atoms with van der Waals surface area (Å²) in [5.41, 5.74) is 1.39. The van der Waals surface area contributed by atoms with E-state index in [9.17, 15) is 8.42 Å². The van der Waals surface area contributed by atoms with Crippen LogP contribution in [0, 0.1) is 13.8 Å². The first kappa shape index (κ1) is 17.1. The summed E-state index contributed by atoms with van der Waals surface area (Å²) in [5, 5.41) is 3.89. The van der Waals surface area contributed by atoms with Crippen LogP contribution in [0.4, 0.5) is 0 Å². The van der Waals surface area contributed by atoms with Gasteiger partial charge in [-0.1, -0.05) is 30.6 Å². The second-order valence-electron chi connectivity index (χ2n) is 6.29. The molecule has 7 heteroatoms. The molecular weight excluding hydrogens is 326 g/mol. The minimum absolute atomic E-state index is 0.0826. The highest BCUT2D eigenvalue weighted by atomic mass is 32.2. The molecule has 3 rings (SSSR count). The molecule has 1 atom stereocenters. The zero-order valence-electron chi connectivity index (χ0n) is 14.3. The van der Waals surface area contributed by atoms with Crippen LogP contribution in [-0.4, -0.2) is 35.5 Å². The van der Waals surface area contributed by atoms with Gasteiger partial charge in [-0.05, 0) is 37.8 Å². The second kappa shape index (κ2) is 6.64. The molecule has 0 amide bonds. The van der Waals surface area contributed by atoms with Gasteiger partial charge in [0.15, 0.2) is 0 Å². The van der Waals surface area contributed by atoms with Crippen LogP contribution in [-0.2, 0) is 10.0 Å². The molecule has 2 heterocycles. The number of rotatable bonds is 4. The van der Waals surface area contributed by atoms with E-state index in [-0.39, 0.29) is 6.04 Å². The van der Waals surface area contributed by atoms with Crippen molar-refractivity contribution in [1.82, 2.24) is 14.4 Å². The average Bonchev–Trinajstić information content (AvgIpc) is 3.01. The first-order valence-corrected chi connectivity index (χ1v) is 9.80. The summed E-state index contributed by atoms with van der Waals surface area (Å²) in [6.45, 7) is 6.17. The fraction of sp³-hybridized carbons (Fsp3) is 0.529. The van der Waals surface area contributed by atoms with Crippen molar-refractivity contribution in [1.29, 1.82) is 0 Å². The molecule has 0 saturated carbocycles. The summed E-state index contributed by atoms with van der Waals surface area (Å²) in [6.07, 6.45) is 3.77. The van der Waals surface area contributed by atoms with Crippen LogP contribution >= 0.6 is 0 Å². The van der Waals surface area contributed by atoms with E-state index in [1.807, 2.05) is 19.9 Å². The SMILES string of the molecule is CC[C@@H]1CCCCN1S(=O)(=O)c1cc(-c2noc(C)n2)ccc1C. The van der Waals surface area contributed by atoms with Crippen LogP contribution in [0.5, 0.6) is 0 Å². The van der Waals surface area contributed by atoms with Crippen LogP contribution in [0.2, 0.25) is 0 Å². The van der Waals surface area contributed by atoms with Gasteiger partial charge in [0.25, 0.3) is 0 Å². The molecule has 0 N–H and O–H groups in total. The fourth-order valence-electron chi connectivity index (χ4n) is 3.26. The maximum absolute atomic E-state index is 13.2. The fourth-order valence-corrected chi connectivity index (χ4v) is 5.28. The number of benzene rings is 1. The molecule has 0 radical (unpaired) electrons. The summed E-state index contributed by atoms with van der Waals surface area (Å²) >= 11 is 0. The maximum Gasteiger partial charge on any atom is 0.243 e. The van der Waals surface area contributed by atoms with Crippen molar-refractivity contribution in [3.05, 3.63) is 29.7 Å². The van der Waals surface area contributed by atoms with E-state index in [1.54, 1.807) is 23.4 Å². The summed E-state index contributed by atoms with van der Waals surface area (Å²) in [6, 6.07) is 5.38. The zero-order chi connectivity index (χ0) is 17.3. The Bertz CT molecular complexity index is 829. The van der Waals surface area contributed by atoms with Gasteiger partial charge in [0, 0.05) is 25.1 Å². The van der Waals surface area contributed by atoms with Crippen molar-refractivity contribution >= 4 is 10.0 Å². The van der Waals surface area contributed by atoms with E-state index in [4.69, 9.17) is 4.52 Å². The smallest absolute Gasteiger partial charge is 0.243 e. The summed E-state index contributed by atoms with van der Waals surface area (Å²) < 4.78 is 33.1. The van der Waals surface area contributed by atoms with Crippen molar-refractivity contribution in [2.75, 3.05) is 6.54 Å². The summed E-state index contributed by atoms with van der Waals surface area (Å²) in [4.78, 5) is 4.53. The Hall–Kier alpha value is -1.73. The highest BCUT2D eigenvalue weighted by Crippen LogP contribution is 2.30. The monoisotopic (exact) mass is 349 g/mol. The van der Waals surface area contributed by atoms with Crippen molar-refractivity contribution < 1.29 is 12.9 Å². The molecule has 1 aliphatic rings. The van der Waals surface area contributed by atoms with Crippen molar-refractivity contribution in [3.63, 3.8) is 0 Å². The third kappa shape index (κ3) is 3.10. The summed E-state index contributed by atoms with van der Waals surface area (Å²) in [7, 11) is -3.53. The molecule has 6 nitrogen and oxygen atoms in total. The van der Waals surface area contributed by atoms with Gasteiger partial charge in [0.1, 0.15) is 0 Å². The molecule has 24 heavy (non-hydrogen) atoms. The molecule has 0 spiro atoms. The lowest BCUT2D eigenvalue weighted by Gasteiger charge is -2.34. The van der Waals surface area contributed by atoms with Gasteiger partial charge in [0.05, 0.1) is 4.90 Å². The molecule has 1 fully saturated rings. The van der Waals surface area contributed by atoms with Crippen molar-refractivity contribution in [2.24, 2.45) is 0 Å². The standard InChI is InChI=1S/C17H23N3O3S/c1-4-15-7-5-6-10-20(15)24(21,22)16-11-14(9-8-12(16)2)17-18-13(3)23-19-17/h8-9,11,15H,4-7,10H2,1-3H3/t15-/m1/s1. The third-order valence-electron chi connectivity index (χ3n) is 4.60. The van der Waals surface area contributed by atoms with Gasteiger partial charge in [-0.3, -0.25) is 0 Å². The molecule has 1 aromatic heterocycles. The number of aromatic nitrogens is 2. The highest BCUT2D eigenvalue weighted by Gasteiger charge is 2.33. The van der Waals surface area contributed by atoms with E-state index in [0.717, 1.165) is 31.2 Å². The highest BCUT2D eigenvalue weighted by molar-refractivity contribution is 7.89. The van der Waals surface area contributed by atoms with E-state index >= 15 is 0 Å². The van der Waals surface area contributed by atoms with Gasteiger partial charge in [-0.25, -0.2) is 8.42 Å². The molecule has 2 aromatic rings. The number of hydrogen-bond donors (Lipinski definition) is 0. The molecule has 1 saturated heterocycles. The van der Waals surface area contributed by atoms with Crippen LogP contribution in [0.1, 0.15) is 44.1 Å². The number of nitrogens with zero attached hydrogens (tertiary/aromatic N) is 3. The normalized spacial score (nSPS) is 19.5. The Labute approximate surface area is 142 Å². The minimum atomic E-state index is -3.53. The van der Waals surface area contributed by atoms with Gasteiger partial charge in [-0.2, -0.15) is 9.29 Å². The Morgan fingerprint density at radius 2 is 2.08 bits per heavy atom. The van der Waals surface area contributed by atoms with Crippen LogP contribution in [0.15, 0.2) is 27.6 Å². The Morgan fingerprint density at radius 1 is 1.29 bits per heavy atom. The van der Waals surface area contributed by atoms with E-state index in [0.29, 0.717) is 28.7 Å². The topological polar surface area (TPSA) is 76.3 Å². The number of hydrogen-bond acceptors (Lipinski definition) is 5. The Morgan fingerprint density at radius 3 is 2.75 bits per heavy atom. The predicted molar refractivity (Wildman–Crippen MR) is 91.0 cm³/mol. The molecule has 0 aliphatic carbocycles. The largest absolute Gasteiger partial charge is 0.339 e. The molecule has 0 unspecified atom stereocenters. The quantitative estimate of drug-likeness (QED) is 0.846. The van der Waals surface area contributed by atoms with Gasteiger partial charge < -0.3 is 4.52 Å². The average molecular weight is 349 g/mol. The molecule has 130 valence electrons. The van der Waals surface area contributed by atoms with Gasteiger partial charge in [0.2, 0.25) is 21.7 Å². The second-order valence-corrected chi connectivity index (χ2v) is 8.15. The lowest BCUT2D eigenvalue weighted by atomic mass is 10.0. The van der Waals surface area contributed by atoms with Crippen LogP contribution < -0.4 is 0 Å². The third-order valence-corrected chi connectivity index (χ3v) is 6.70. The molecule has 1 aliphatic heterocycles. The number of aryl methyl sites for hydroxylation is 2. The Kier molecular flexibility index (Phi) is 4.73. The van der Waals surface area contributed by atoms with Crippen molar-refractivity contribution in [3.8, 4) is 11.4 Å². The molecule has 0 bridgehead atoms. The number of sulfonamides is 1. The first-order chi connectivity index (χ1) is 11.4. The first-order valence-electron chi connectivity index (χ1n) is 8.36. The van der Waals surface area contributed by atoms with E-state index < -0.39 is 10.0 Å². The van der Waals surface area contributed by atoms with E-state index in [1.165, 1.54) is 0 Å². The van der Waals surface area contributed by atoms with Gasteiger partial charge >= 0.3 is 0 Å². The van der Waals surface area contributed by atoms with E-state index in [2.05, 4.69) is 10.1 Å². The minimum Gasteiger partial charge on any atom is -0.339 e. The number of piperidine rings is 1. The molecule has 1 aromatic carbocycles. The van der Waals surface area contributed by atoms with Crippen LogP contribution in [0.25, 0.3) is 11.4 Å². The predicted octanol–water partition coefficient (Wildman–Crippen LogP) is 3.31. The zero-order valence-corrected chi connectivity index (χ0v) is 15.1. The van der Waals surface area contributed by atoms with Gasteiger partial charge in [-0.15, -0.1) is 0 Å². The molecular formula is C17H23N3O3S. The van der Waals surface area contributed by atoms with Crippen molar-refractivity contribution in [2.45, 2.75) is 57.4 Å².